The van der Waals surface area contributed by atoms with Gasteiger partial charge >= 0.3 is 0 Å². The zero-order chi connectivity index (χ0) is 13.5. The highest BCUT2D eigenvalue weighted by Gasteiger charge is 2.21. The van der Waals surface area contributed by atoms with E-state index in [2.05, 4.69) is 10.6 Å². The number of carbonyl (C=O) groups excluding carboxylic acids is 2. The standard InChI is InChI=1S/C13H25N3O2/c1-10(2)6-15-12(17)9-16(3)13(18)8-14-7-11-4-5-11/h10-11,14H,4-9H2,1-3H3,(H,15,17). The average Bonchev–Trinajstić information content (AvgIpc) is 3.10. The van der Waals surface area contributed by atoms with E-state index in [0.29, 0.717) is 19.0 Å². The first-order valence-corrected chi connectivity index (χ1v) is 6.70. The fraction of sp³-hybridized carbons (Fsp3) is 0.846. The van der Waals surface area contributed by atoms with Crippen molar-refractivity contribution in [2.45, 2.75) is 26.7 Å². The van der Waals surface area contributed by atoms with Crippen molar-refractivity contribution in [2.24, 2.45) is 11.8 Å². The van der Waals surface area contributed by atoms with Crippen LogP contribution in [-0.2, 0) is 9.59 Å². The third-order valence-corrected chi connectivity index (χ3v) is 2.92. The highest BCUT2D eigenvalue weighted by Crippen LogP contribution is 2.27. The molecule has 1 saturated carbocycles. The van der Waals surface area contributed by atoms with Crippen LogP contribution in [0.25, 0.3) is 0 Å². The van der Waals surface area contributed by atoms with Crippen molar-refractivity contribution in [3.63, 3.8) is 0 Å². The minimum absolute atomic E-state index is 0.0321. The lowest BCUT2D eigenvalue weighted by molar-refractivity contribution is -0.134. The molecule has 5 heteroatoms. The third-order valence-electron chi connectivity index (χ3n) is 2.92. The molecule has 0 saturated heterocycles. The van der Waals surface area contributed by atoms with Gasteiger partial charge in [0.2, 0.25) is 11.8 Å². The van der Waals surface area contributed by atoms with Crippen molar-refractivity contribution in [1.82, 2.24) is 15.5 Å². The summed E-state index contributed by atoms with van der Waals surface area (Å²) in [5.74, 6) is 1.06. The lowest BCUT2D eigenvalue weighted by Crippen LogP contribution is -2.42. The van der Waals surface area contributed by atoms with Crippen LogP contribution < -0.4 is 10.6 Å². The molecule has 1 fully saturated rings. The zero-order valence-corrected chi connectivity index (χ0v) is 11.7. The molecule has 0 spiro atoms. The summed E-state index contributed by atoms with van der Waals surface area (Å²) in [6.07, 6.45) is 2.54. The highest BCUT2D eigenvalue weighted by molar-refractivity contribution is 5.85. The Morgan fingerprint density at radius 1 is 1.33 bits per heavy atom. The lowest BCUT2D eigenvalue weighted by Gasteiger charge is -2.17. The number of hydrogen-bond donors (Lipinski definition) is 2. The van der Waals surface area contributed by atoms with E-state index in [-0.39, 0.29) is 18.4 Å². The fourth-order valence-corrected chi connectivity index (χ4v) is 1.52. The molecule has 0 bridgehead atoms. The molecule has 0 aromatic carbocycles. The van der Waals surface area contributed by atoms with E-state index < -0.39 is 0 Å². The first-order chi connectivity index (χ1) is 8.49. The van der Waals surface area contributed by atoms with E-state index in [1.807, 2.05) is 13.8 Å². The Kier molecular flexibility index (Phi) is 6.12. The maximum atomic E-state index is 11.7. The minimum atomic E-state index is -0.0956. The van der Waals surface area contributed by atoms with Crippen LogP contribution in [0.1, 0.15) is 26.7 Å². The van der Waals surface area contributed by atoms with Gasteiger partial charge < -0.3 is 15.5 Å². The number of carbonyl (C=O) groups is 2. The summed E-state index contributed by atoms with van der Waals surface area (Å²) >= 11 is 0. The second-order valence-electron chi connectivity index (χ2n) is 5.52. The Morgan fingerprint density at radius 2 is 2.00 bits per heavy atom. The molecule has 1 rings (SSSR count). The number of amides is 2. The molecule has 0 unspecified atom stereocenters. The topological polar surface area (TPSA) is 61.4 Å². The summed E-state index contributed by atoms with van der Waals surface area (Å²) in [6, 6.07) is 0. The van der Waals surface area contributed by atoms with E-state index in [4.69, 9.17) is 0 Å². The summed E-state index contributed by atoms with van der Waals surface area (Å²) in [7, 11) is 1.66. The monoisotopic (exact) mass is 255 g/mol. The van der Waals surface area contributed by atoms with Crippen molar-refractivity contribution < 1.29 is 9.59 Å². The van der Waals surface area contributed by atoms with E-state index in [1.54, 1.807) is 7.05 Å². The van der Waals surface area contributed by atoms with Crippen LogP contribution in [0.4, 0.5) is 0 Å². The first-order valence-electron chi connectivity index (χ1n) is 6.70. The van der Waals surface area contributed by atoms with Crippen LogP contribution in [0, 0.1) is 11.8 Å². The van der Waals surface area contributed by atoms with Crippen LogP contribution in [0.2, 0.25) is 0 Å². The molecule has 5 nitrogen and oxygen atoms in total. The van der Waals surface area contributed by atoms with E-state index in [1.165, 1.54) is 17.7 Å². The largest absolute Gasteiger partial charge is 0.354 e. The van der Waals surface area contributed by atoms with Crippen LogP contribution >= 0.6 is 0 Å². The molecular weight excluding hydrogens is 230 g/mol. The SMILES string of the molecule is CC(C)CNC(=O)CN(C)C(=O)CNCC1CC1. The summed E-state index contributed by atoms with van der Waals surface area (Å²) < 4.78 is 0. The van der Waals surface area contributed by atoms with E-state index in [0.717, 1.165) is 12.5 Å². The number of nitrogens with one attached hydrogen (secondary N) is 2. The van der Waals surface area contributed by atoms with Crippen molar-refractivity contribution in [2.75, 3.05) is 33.2 Å². The molecule has 1 aliphatic rings. The van der Waals surface area contributed by atoms with Gasteiger partial charge in [0.05, 0.1) is 13.1 Å². The Bertz CT molecular complexity index is 288. The summed E-state index contributed by atoms with van der Waals surface area (Å²) in [5.41, 5.74) is 0. The quantitative estimate of drug-likeness (QED) is 0.652. The van der Waals surface area contributed by atoms with Gasteiger partial charge in [-0.15, -0.1) is 0 Å². The van der Waals surface area contributed by atoms with Gasteiger partial charge in [0, 0.05) is 13.6 Å². The lowest BCUT2D eigenvalue weighted by atomic mass is 10.2. The minimum Gasteiger partial charge on any atom is -0.354 e. The normalized spacial score (nSPS) is 14.7. The maximum absolute atomic E-state index is 11.7. The molecule has 104 valence electrons. The Balaban J connectivity index is 2.10. The summed E-state index contributed by atoms with van der Waals surface area (Å²) in [5, 5.41) is 5.93. The van der Waals surface area contributed by atoms with Crippen LogP contribution in [0.5, 0.6) is 0 Å². The van der Waals surface area contributed by atoms with Crippen LogP contribution in [0.15, 0.2) is 0 Å². The molecular formula is C13H25N3O2. The number of nitrogens with zero attached hydrogens (tertiary/aromatic N) is 1. The van der Waals surface area contributed by atoms with Crippen LogP contribution in [-0.4, -0.2) is 49.9 Å². The van der Waals surface area contributed by atoms with Crippen molar-refractivity contribution in [1.29, 1.82) is 0 Å². The molecule has 0 aromatic rings. The predicted octanol–water partition coefficient (Wildman–Crippen LogP) is 0.217. The van der Waals surface area contributed by atoms with Crippen LogP contribution in [0.3, 0.4) is 0 Å². The van der Waals surface area contributed by atoms with Gasteiger partial charge in [-0.1, -0.05) is 13.8 Å². The summed E-state index contributed by atoms with van der Waals surface area (Å²) in [6.45, 7) is 6.11. The Hall–Kier alpha value is -1.10. The third kappa shape index (κ3) is 6.59. The Labute approximate surface area is 109 Å². The maximum Gasteiger partial charge on any atom is 0.239 e. The van der Waals surface area contributed by atoms with Gasteiger partial charge in [-0.05, 0) is 31.2 Å². The molecule has 2 amide bonds. The average molecular weight is 255 g/mol. The number of likely N-dealkylation sites (N-methyl/N-ethyl adjacent to an activating group) is 1. The number of hydrogen-bond acceptors (Lipinski definition) is 3. The smallest absolute Gasteiger partial charge is 0.239 e. The van der Waals surface area contributed by atoms with Gasteiger partial charge in [0.1, 0.15) is 0 Å². The molecule has 0 aliphatic heterocycles. The van der Waals surface area contributed by atoms with Gasteiger partial charge in [-0.3, -0.25) is 9.59 Å². The molecule has 0 atom stereocenters. The summed E-state index contributed by atoms with van der Waals surface area (Å²) in [4.78, 5) is 24.7. The molecule has 0 heterocycles. The molecule has 0 aromatic heterocycles. The zero-order valence-electron chi connectivity index (χ0n) is 11.7. The molecule has 0 radical (unpaired) electrons. The van der Waals surface area contributed by atoms with Gasteiger partial charge in [0.15, 0.2) is 0 Å². The second kappa shape index (κ2) is 7.36. The van der Waals surface area contributed by atoms with Crippen molar-refractivity contribution in [3.8, 4) is 0 Å². The molecule has 18 heavy (non-hydrogen) atoms. The first kappa shape index (κ1) is 15.0. The van der Waals surface area contributed by atoms with Crippen molar-refractivity contribution >= 4 is 11.8 Å². The molecule has 1 aliphatic carbocycles. The van der Waals surface area contributed by atoms with Gasteiger partial charge in [-0.2, -0.15) is 0 Å². The Morgan fingerprint density at radius 3 is 2.56 bits per heavy atom. The van der Waals surface area contributed by atoms with Gasteiger partial charge in [0.25, 0.3) is 0 Å². The van der Waals surface area contributed by atoms with Crippen molar-refractivity contribution in [3.05, 3.63) is 0 Å². The molecule has 2 N–H and O–H groups in total. The van der Waals surface area contributed by atoms with E-state index in [9.17, 15) is 9.59 Å². The highest BCUT2D eigenvalue weighted by atomic mass is 16.2. The fourth-order valence-electron chi connectivity index (χ4n) is 1.52. The van der Waals surface area contributed by atoms with Gasteiger partial charge in [-0.25, -0.2) is 0 Å². The number of rotatable bonds is 8. The van der Waals surface area contributed by atoms with E-state index >= 15 is 0 Å². The predicted molar refractivity (Wildman–Crippen MR) is 71.1 cm³/mol. The second-order valence-corrected chi connectivity index (χ2v) is 5.52.